The SMILES string of the molecule is CCCCCCCCCCCCCCCC(=O)NC(C)(C)CN. The quantitative estimate of drug-likeness (QED) is 0.377. The number of nitrogens with one attached hydrogen (secondary N) is 1. The van der Waals surface area contributed by atoms with Crippen LogP contribution in [0.4, 0.5) is 0 Å². The van der Waals surface area contributed by atoms with Crippen LogP contribution in [0.3, 0.4) is 0 Å². The maximum Gasteiger partial charge on any atom is 0.220 e. The summed E-state index contributed by atoms with van der Waals surface area (Å²) in [4.78, 5) is 11.8. The molecule has 3 heteroatoms. The minimum atomic E-state index is -0.270. The van der Waals surface area contributed by atoms with Crippen LogP contribution in [-0.2, 0) is 4.79 Å². The molecule has 3 N–H and O–H groups in total. The first-order valence-corrected chi connectivity index (χ1v) is 10.0. The van der Waals surface area contributed by atoms with Crippen LogP contribution in [0.2, 0.25) is 0 Å². The molecular weight excluding hydrogens is 284 g/mol. The lowest BCUT2D eigenvalue weighted by Gasteiger charge is -2.24. The zero-order valence-electron chi connectivity index (χ0n) is 16.1. The minimum absolute atomic E-state index is 0.142. The summed E-state index contributed by atoms with van der Waals surface area (Å²) in [5.41, 5.74) is 5.34. The normalized spacial score (nSPS) is 11.7. The summed E-state index contributed by atoms with van der Waals surface area (Å²) in [5, 5.41) is 2.99. The lowest BCUT2D eigenvalue weighted by molar-refractivity contribution is -0.122. The largest absolute Gasteiger partial charge is 0.350 e. The summed E-state index contributed by atoms with van der Waals surface area (Å²) in [5.74, 6) is 0.142. The zero-order valence-corrected chi connectivity index (χ0v) is 16.1. The Labute approximate surface area is 145 Å². The molecule has 23 heavy (non-hydrogen) atoms. The number of unbranched alkanes of at least 4 members (excludes halogenated alkanes) is 12. The van der Waals surface area contributed by atoms with E-state index in [-0.39, 0.29) is 11.4 Å². The predicted octanol–water partition coefficient (Wildman–Crippen LogP) is 5.32. The van der Waals surface area contributed by atoms with Gasteiger partial charge in [0, 0.05) is 18.5 Å². The van der Waals surface area contributed by atoms with Gasteiger partial charge in [-0.1, -0.05) is 84.0 Å². The van der Waals surface area contributed by atoms with Gasteiger partial charge in [0.05, 0.1) is 0 Å². The van der Waals surface area contributed by atoms with Crippen molar-refractivity contribution in [2.75, 3.05) is 6.54 Å². The maximum atomic E-state index is 11.8. The Kier molecular flexibility index (Phi) is 14.6. The molecule has 0 bridgehead atoms. The summed E-state index contributed by atoms with van der Waals surface area (Å²) in [6.07, 6.45) is 18.0. The topological polar surface area (TPSA) is 55.1 Å². The van der Waals surface area contributed by atoms with Gasteiger partial charge >= 0.3 is 0 Å². The molecule has 0 aliphatic heterocycles. The summed E-state index contributed by atoms with van der Waals surface area (Å²) in [6, 6.07) is 0. The third kappa shape index (κ3) is 16.1. The van der Waals surface area contributed by atoms with Crippen LogP contribution in [-0.4, -0.2) is 18.0 Å². The summed E-state index contributed by atoms with van der Waals surface area (Å²) in [7, 11) is 0. The molecule has 0 saturated heterocycles. The molecule has 0 atom stereocenters. The van der Waals surface area contributed by atoms with Crippen LogP contribution in [0, 0.1) is 0 Å². The first-order chi connectivity index (χ1) is 11.0. The number of carbonyl (C=O) groups is 1. The monoisotopic (exact) mass is 326 g/mol. The highest BCUT2D eigenvalue weighted by molar-refractivity contribution is 5.76. The highest BCUT2D eigenvalue weighted by Gasteiger charge is 2.17. The molecule has 0 heterocycles. The molecule has 0 aromatic rings. The summed E-state index contributed by atoms with van der Waals surface area (Å²) >= 11 is 0. The first kappa shape index (κ1) is 22.4. The van der Waals surface area contributed by atoms with Crippen LogP contribution in [0.15, 0.2) is 0 Å². The second-order valence-corrected chi connectivity index (χ2v) is 7.63. The van der Waals surface area contributed by atoms with Crippen molar-refractivity contribution < 1.29 is 4.79 Å². The highest BCUT2D eigenvalue weighted by Crippen LogP contribution is 2.13. The second kappa shape index (κ2) is 15.0. The molecule has 3 nitrogen and oxygen atoms in total. The van der Waals surface area contributed by atoms with E-state index < -0.39 is 0 Å². The van der Waals surface area contributed by atoms with Gasteiger partial charge in [-0.05, 0) is 20.3 Å². The molecule has 0 aliphatic rings. The Morgan fingerprint density at radius 3 is 1.57 bits per heavy atom. The average Bonchev–Trinajstić information content (AvgIpc) is 2.51. The van der Waals surface area contributed by atoms with Crippen molar-refractivity contribution in [2.24, 2.45) is 5.73 Å². The van der Waals surface area contributed by atoms with Crippen molar-refractivity contribution in [3.05, 3.63) is 0 Å². The van der Waals surface area contributed by atoms with Gasteiger partial charge in [-0.15, -0.1) is 0 Å². The number of hydrogen-bond donors (Lipinski definition) is 2. The van der Waals surface area contributed by atoms with Crippen molar-refractivity contribution in [3.63, 3.8) is 0 Å². The van der Waals surface area contributed by atoms with Crippen molar-refractivity contribution in [3.8, 4) is 0 Å². The molecule has 0 unspecified atom stereocenters. The van der Waals surface area contributed by atoms with Crippen LogP contribution < -0.4 is 11.1 Å². The lowest BCUT2D eigenvalue weighted by Crippen LogP contribution is -2.48. The van der Waals surface area contributed by atoms with Gasteiger partial charge in [-0.3, -0.25) is 4.79 Å². The Balaban J connectivity index is 3.23. The van der Waals surface area contributed by atoms with Gasteiger partial charge in [0.2, 0.25) is 5.91 Å². The van der Waals surface area contributed by atoms with E-state index in [4.69, 9.17) is 5.73 Å². The Morgan fingerprint density at radius 1 is 0.783 bits per heavy atom. The van der Waals surface area contributed by atoms with Gasteiger partial charge in [0.25, 0.3) is 0 Å². The second-order valence-electron chi connectivity index (χ2n) is 7.63. The van der Waals surface area contributed by atoms with E-state index in [1.54, 1.807) is 0 Å². The van der Waals surface area contributed by atoms with Crippen molar-refractivity contribution >= 4 is 5.91 Å². The lowest BCUT2D eigenvalue weighted by atomic mass is 10.0. The van der Waals surface area contributed by atoms with E-state index in [1.807, 2.05) is 13.8 Å². The molecule has 0 spiro atoms. The highest BCUT2D eigenvalue weighted by atomic mass is 16.1. The van der Waals surface area contributed by atoms with Gasteiger partial charge < -0.3 is 11.1 Å². The molecule has 0 rings (SSSR count). The van der Waals surface area contributed by atoms with E-state index in [2.05, 4.69) is 12.2 Å². The first-order valence-electron chi connectivity index (χ1n) is 10.0. The maximum absolute atomic E-state index is 11.8. The van der Waals surface area contributed by atoms with Gasteiger partial charge in [0.1, 0.15) is 0 Å². The third-order valence-corrected chi connectivity index (χ3v) is 4.50. The number of nitrogens with two attached hydrogens (primary N) is 1. The molecule has 0 saturated carbocycles. The predicted molar refractivity (Wildman–Crippen MR) is 102 cm³/mol. The van der Waals surface area contributed by atoms with E-state index >= 15 is 0 Å². The average molecular weight is 327 g/mol. The Morgan fingerprint density at radius 2 is 1.17 bits per heavy atom. The number of rotatable bonds is 16. The minimum Gasteiger partial charge on any atom is -0.350 e. The summed E-state index contributed by atoms with van der Waals surface area (Å²) in [6.45, 7) is 6.69. The Bertz CT molecular complexity index is 277. The molecule has 1 amide bonds. The fourth-order valence-corrected chi connectivity index (χ4v) is 2.79. The summed E-state index contributed by atoms with van der Waals surface area (Å²) < 4.78 is 0. The van der Waals surface area contributed by atoms with Crippen LogP contribution in [0.25, 0.3) is 0 Å². The fourth-order valence-electron chi connectivity index (χ4n) is 2.79. The van der Waals surface area contributed by atoms with E-state index in [9.17, 15) is 4.79 Å². The van der Waals surface area contributed by atoms with Gasteiger partial charge in [-0.2, -0.15) is 0 Å². The number of hydrogen-bond acceptors (Lipinski definition) is 2. The molecule has 0 aliphatic carbocycles. The van der Waals surface area contributed by atoms with Crippen LogP contribution in [0.5, 0.6) is 0 Å². The van der Waals surface area contributed by atoms with E-state index in [1.165, 1.54) is 77.0 Å². The Hall–Kier alpha value is -0.570. The van der Waals surface area contributed by atoms with Crippen molar-refractivity contribution in [1.82, 2.24) is 5.32 Å². The fraction of sp³-hybridized carbons (Fsp3) is 0.950. The number of carbonyl (C=O) groups excluding carboxylic acids is 1. The van der Waals surface area contributed by atoms with E-state index in [0.717, 1.165) is 6.42 Å². The molecule has 0 aromatic heterocycles. The molecule has 138 valence electrons. The zero-order chi connectivity index (χ0) is 17.4. The smallest absolute Gasteiger partial charge is 0.220 e. The third-order valence-electron chi connectivity index (χ3n) is 4.50. The van der Waals surface area contributed by atoms with Crippen LogP contribution in [0.1, 0.15) is 111 Å². The van der Waals surface area contributed by atoms with Crippen molar-refractivity contribution in [2.45, 2.75) is 116 Å². The molecule has 0 fully saturated rings. The number of amides is 1. The van der Waals surface area contributed by atoms with Gasteiger partial charge in [0.15, 0.2) is 0 Å². The van der Waals surface area contributed by atoms with Crippen molar-refractivity contribution in [1.29, 1.82) is 0 Å². The van der Waals surface area contributed by atoms with Gasteiger partial charge in [-0.25, -0.2) is 0 Å². The molecule has 0 radical (unpaired) electrons. The standard InChI is InChI=1S/C20H42N2O/c1-4-5-6-7-8-9-10-11-12-13-14-15-16-17-19(23)22-20(2,3)18-21/h4-18,21H2,1-3H3,(H,22,23). The molecule has 0 aromatic carbocycles. The van der Waals surface area contributed by atoms with Crippen LogP contribution >= 0.6 is 0 Å². The van der Waals surface area contributed by atoms with E-state index in [0.29, 0.717) is 13.0 Å². The molecular formula is C20H42N2O.